The lowest BCUT2D eigenvalue weighted by atomic mass is 10.4. The third kappa shape index (κ3) is 1.02. The van der Waals surface area contributed by atoms with Crippen molar-refractivity contribution in [1.29, 1.82) is 0 Å². The molecule has 0 atom stereocenters. The van der Waals surface area contributed by atoms with Crippen LogP contribution in [-0.2, 0) is 0 Å². The van der Waals surface area contributed by atoms with Crippen molar-refractivity contribution >= 4 is 5.97 Å². The Morgan fingerprint density at radius 2 is 2.36 bits per heavy atom. The zero-order chi connectivity index (χ0) is 7.84. The molecule has 3 nitrogen and oxygen atoms in total. The van der Waals surface area contributed by atoms with Crippen molar-refractivity contribution in [1.82, 2.24) is 4.57 Å². The van der Waals surface area contributed by atoms with Crippen LogP contribution in [0.4, 0.5) is 0 Å². The molecule has 1 aromatic rings. The minimum Gasteiger partial charge on any atom is -0.477 e. The highest BCUT2D eigenvalue weighted by Crippen LogP contribution is 2.35. The molecule has 2 rings (SSSR count). The summed E-state index contributed by atoms with van der Waals surface area (Å²) in [6.45, 7) is 0. The van der Waals surface area contributed by atoms with E-state index in [9.17, 15) is 4.79 Å². The zero-order valence-corrected chi connectivity index (χ0v) is 6.03. The van der Waals surface area contributed by atoms with E-state index in [0.717, 1.165) is 12.8 Å². The molecule has 1 aromatic heterocycles. The van der Waals surface area contributed by atoms with Crippen LogP contribution in [0.25, 0.3) is 0 Å². The first-order valence-electron chi connectivity index (χ1n) is 3.69. The van der Waals surface area contributed by atoms with Gasteiger partial charge in [0.25, 0.3) is 0 Å². The normalized spacial score (nSPS) is 16.7. The van der Waals surface area contributed by atoms with Gasteiger partial charge in [-0.3, -0.25) is 0 Å². The molecule has 1 aliphatic carbocycles. The summed E-state index contributed by atoms with van der Waals surface area (Å²) in [5.41, 5.74) is 0.410. The van der Waals surface area contributed by atoms with Gasteiger partial charge in [-0.25, -0.2) is 4.79 Å². The number of hydrogen-bond acceptors (Lipinski definition) is 1. The van der Waals surface area contributed by atoms with E-state index in [2.05, 4.69) is 0 Å². The summed E-state index contributed by atoms with van der Waals surface area (Å²) in [4.78, 5) is 10.6. The number of aromatic nitrogens is 1. The van der Waals surface area contributed by atoms with Crippen LogP contribution >= 0.6 is 0 Å². The maximum absolute atomic E-state index is 10.6. The third-order valence-electron chi connectivity index (χ3n) is 1.94. The van der Waals surface area contributed by atoms with Crippen LogP contribution in [0.2, 0.25) is 0 Å². The molecule has 1 saturated carbocycles. The molecule has 0 unspecified atom stereocenters. The molecular weight excluding hydrogens is 142 g/mol. The van der Waals surface area contributed by atoms with Crippen LogP contribution in [0.3, 0.4) is 0 Å². The molecule has 1 heterocycles. The van der Waals surface area contributed by atoms with Crippen molar-refractivity contribution in [2.75, 3.05) is 0 Å². The second kappa shape index (κ2) is 2.12. The first kappa shape index (κ1) is 6.46. The SMILES string of the molecule is O=C(O)c1cccn1C1CC1. The number of carbonyl (C=O) groups is 1. The molecular formula is C8H9NO2. The zero-order valence-electron chi connectivity index (χ0n) is 6.03. The van der Waals surface area contributed by atoms with Gasteiger partial charge in [-0.05, 0) is 25.0 Å². The van der Waals surface area contributed by atoms with Crippen LogP contribution in [0.15, 0.2) is 18.3 Å². The topological polar surface area (TPSA) is 42.2 Å². The second-order valence-electron chi connectivity index (χ2n) is 2.84. The van der Waals surface area contributed by atoms with Gasteiger partial charge in [-0.15, -0.1) is 0 Å². The Morgan fingerprint density at radius 1 is 1.64 bits per heavy atom. The molecule has 0 aliphatic heterocycles. The summed E-state index contributed by atoms with van der Waals surface area (Å²) in [5, 5.41) is 8.71. The molecule has 3 heteroatoms. The van der Waals surface area contributed by atoms with Gasteiger partial charge in [0.05, 0.1) is 0 Å². The largest absolute Gasteiger partial charge is 0.477 e. The van der Waals surface area contributed by atoms with Crippen LogP contribution in [0.1, 0.15) is 29.4 Å². The molecule has 0 bridgehead atoms. The highest BCUT2D eigenvalue weighted by molar-refractivity contribution is 5.85. The van der Waals surface area contributed by atoms with E-state index in [-0.39, 0.29) is 0 Å². The highest BCUT2D eigenvalue weighted by Gasteiger charge is 2.26. The molecule has 1 aliphatic rings. The van der Waals surface area contributed by atoms with Crippen LogP contribution < -0.4 is 0 Å². The minimum absolute atomic E-state index is 0.410. The van der Waals surface area contributed by atoms with E-state index in [1.165, 1.54) is 0 Å². The summed E-state index contributed by atoms with van der Waals surface area (Å²) < 4.78 is 1.84. The summed E-state index contributed by atoms with van der Waals surface area (Å²) >= 11 is 0. The Balaban J connectivity index is 2.37. The lowest BCUT2D eigenvalue weighted by molar-refractivity contribution is 0.0685. The van der Waals surface area contributed by atoms with Crippen molar-refractivity contribution in [3.05, 3.63) is 24.0 Å². The molecule has 0 saturated heterocycles. The number of aromatic carboxylic acids is 1. The van der Waals surface area contributed by atoms with Crippen molar-refractivity contribution < 1.29 is 9.90 Å². The van der Waals surface area contributed by atoms with Gasteiger partial charge in [0.15, 0.2) is 0 Å². The Morgan fingerprint density at radius 3 is 2.91 bits per heavy atom. The number of rotatable bonds is 2. The average Bonchev–Trinajstić information content (AvgIpc) is 2.68. The van der Waals surface area contributed by atoms with Gasteiger partial charge in [0.2, 0.25) is 0 Å². The first-order chi connectivity index (χ1) is 5.29. The molecule has 0 amide bonds. The van der Waals surface area contributed by atoms with Gasteiger partial charge < -0.3 is 9.67 Å². The smallest absolute Gasteiger partial charge is 0.352 e. The van der Waals surface area contributed by atoms with Crippen LogP contribution in [0.5, 0.6) is 0 Å². The van der Waals surface area contributed by atoms with Crippen molar-refractivity contribution in [2.24, 2.45) is 0 Å². The van der Waals surface area contributed by atoms with E-state index in [1.807, 2.05) is 10.8 Å². The van der Waals surface area contributed by atoms with E-state index in [0.29, 0.717) is 11.7 Å². The van der Waals surface area contributed by atoms with Crippen LogP contribution in [0, 0.1) is 0 Å². The van der Waals surface area contributed by atoms with E-state index in [1.54, 1.807) is 12.1 Å². The lowest BCUT2D eigenvalue weighted by Gasteiger charge is -2.01. The molecule has 0 spiro atoms. The van der Waals surface area contributed by atoms with E-state index >= 15 is 0 Å². The Bertz CT molecular complexity index is 286. The predicted octanol–water partition coefficient (Wildman–Crippen LogP) is 1.52. The highest BCUT2D eigenvalue weighted by atomic mass is 16.4. The average molecular weight is 151 g/mol. The number of nitrogens with zero attached hydrogens (tertiary/aromatic N) is 1. The molecule has 1 N–H and O–H groups in total. The van der Waals surface area contributed by atoms with Gasteiger partial charge >= 0.3 is 5.97 Å². The van der Waals surface area contributed by atoms with Crippen molar-refractivity contribution in [3.63, 3.8) is 0 Å². The third-order valence-corrected chi connectivity index (χ3v) is 1.94. The number of carboxylic acids is 1. The number of carboxylic acid groups (broad SMARTS) is 1. The lowest BCUT2D eigenvalue weighted by Crippen LogP contribution is -2.05. The molecule has 58 valence electrons. The van der Waals surface area contributed by atoms with E-state index in [4.69, 9.17) is 5.11 Å². The Labute approximate surface area is 64.3 Å². The summed E-state index contributed by atoms with van der Waals surface area (Å²) in [5.74, 6) is -0.832. The monoisotopic (exact) mass is 151 g/mol. The fraction of sp³-hybridized carbons (Fsp3) is 0.375. The van der Waals surface area contributed by atoms with Crippen LogP contribution in [-0.4, -0.2) is 15.6 Å². The summed E-state index contributed by atoms with van der Waals surface area (Å²) in [7, 11) is 0. The van der Waals surface area contributed by atoms with Crippen molar-refractivity contribution in [2.45, 2.75) is 18.9 Å². The molecule has 11 heavy (non-hydrogen) atoms. The first-order valence-corrected chi connectivity index (χ1v) is 3.69. The predicted molar refractivity (Wildman–Crippen MR) is 39.7 cm³/mol. The standard InChI is InChI=1S/C8H9NO2/c10-8(11)7-2-1-5-9(7)6-3-4-6/h1-2,5-6H,3-4H2,(H,10,11). The maximum atomic E-state index is 10.6. The van der Waals surface area contributed by atoms with Crippen molar-refractivity contribution in [3.8, 4) is 0 Å². The van der Waals surface area contributed by atoms with Gasteiger partial charge in [0, 0.05) is 12.2 Å². The minimum atomic E-state index is -0.832. The molecule has 1 fully saturated rings. The number of hydrogen-bond donors (Lipinski definition) is 1. The Hall–Kier alpha value is -1.25. The van der Waals surface area contributed by atoms with Gasteiger partial charge in [-0.1, -0.05) is 0 Å². The molecule has 0 aromatic carbocycles. The fourth-order valence-electron chi connectivity index (χ4n) is 1.25. The quantitative estimate of drug-likeness (QED) is 0.696. The second-order valence-corrected chi connectivity index (χ2v) is 2.84. The van der Waals surface area contributed by atoms with Gasteiger partial charge in [0.1, 0.15) is 5.69 Å². The fourth-order valence-corrected chi connectivity index (χ4v) is 1.25. The summed E-state index contributed by atoms with van der Waals surface area (Å²) in [6, 6.07) is 3.87. The maximum Gasteiger partial charge on any atom is 0.352 e. The Kier molecular flexibility index (Phi) is 1.24. The van der Waals surface area contributed by atoms with E-state index < -0.39 is 5.97 Å². The molecule has 0 radical (unpaired) electrons. The summed E-state index contributed by atoms with van der Waals surface area (Å²) in [6.07, 6.45) is 4.07. The van der Waals surface area contributed by atoms with Gasteiger partial charge in [-0.2, -0.15) is 0 Å².